The van der Waals surface area contributed by atoms with Crippen LogP contribution in [0.25, 0.3) is 10.9 Å². The summed E-state index contributed by atoms with van der Waals surface area (Å²) in [4.78, 5) is 69.5. The van der Waals surface area contributed by atoms with Gasteiger partial charge in [0, 0.05) is 30.1 Å². The Balaban J connectivity index is 2.20. The van der Waals surface area contributed by atoms with E-state index in [2.05, 4.69) is 25.9 Å². The van der Waals surface area contributed by atoms with E-state index in [9.17, 15) is 29.1 Å². The molecule has 0 saturated carbocycles. The summed E-state index contributed by atoms with van der Waals surface area (Å²) in [5, 5.41) is 18.3. The molecule has 15 N–H and O–H groups in total. The van der Waals surface area contributed by atoms with Gasteiger partial charge in [0.1, 0.15) is 18.1 Å². The zero-order valence-electron chi connectivity index (χ0n) is 23.9. The first-order valence-corrected chi connectivity index (χ1v) is 13.9. The van der Waals surface area contributed by atoms with Crippen LogP contribution in [-0.4, -0.2) is 82.9 Å². The number of carbonyl (C=O) groups is 5. The van der Waals surface area contributed by atoms with Crippen molar-refractivity contribution < 1.29 is 29.1 Å². The monoisotopic (exact) mass is 602 g/mol. The Bertz CT molecular complexity index is 1290. The number of aromatic amines is 1. The number of aliphatic imine (C=N–C) groups is 1. The minimum Gasteiger partial charge on any atom is -0.480 e. The Labute approximate surface area is 248 Å². The zero-order valence-corrected chi connectivity index (χ0v) is 23.9. The van der Waals surface area contributed by atoms with Gasteiger partial charge in [-0.3, -0.25) is 24.2 Å². The molecule has 1 aromatic heterocycles. The Kier molecular flexibility index (Phi) is 13.9. The van der Waals surface area contributed by atoms with Gasteiger partial charge in [-0.15, -0.1) is 0 Å². The Morgan fingerprint density at radius 2 is 1.47 bits per heavy atom. The molecule has 43 heavy (non-hydrogen) atoms. The third-order valence-electron chi connectivity index (χ3n) is 6.63. The maximum absolute atomic E-state index is 13.4. The third kappa shape index (κ3) is 11.6. The number of fused-ring (bicyclic) bond motifs is 1. The normalized spacial score (nSPS) is 13.7. The number of H-pyrrole nitrogens is 1. The quantitative estimate of drug-likeness (QED) is 0.0463. The van der Waals surface area contributed by atoms with E-state index in [0.29, 0.717) is 24.9 Å². The van der Waals surface area contributed by atoms with Crippen molar-refractivity contribution in [2.75, 3.05) is 13.1 Å². The van der Waals surface area contributed by atoms with E-state index in [4.69, 9.17) is 28.7 Å². The molecule has 0 spiro atoms. The number of hydrogen-bond acceptors (Lipinski definition) is 8. The number of aromatic nitrogens is 1. The fourth-order valence-corrected chi connectivity index (χ4v) is 4.39. The predicted molar refractivity (Wildman–Crippen MR) is 160 cm³/mol. The number of carbonyl (C=O) groups excluding carboxylic acids is 4. The maximum Gasteiger partial charge on any atom is 0.326 e. The second kappa shape index (κ2) is 17.3. The number of unbranched alkanes of at least 4 members (excludes halogenated alkanes) is 1. The highest BCUT2D eigenvalue weighted by Crippen LogP contribution is 2.19. The molecule has 1 aromatic carbocycles. The van der Waals surface area contributed by atoms with E-state index >= 15 is 0 Å². The van der Waals surface area contributed by atoms with Crippen LogP contribution in [0.5, 0.6) is 0 Å². The van der Waals surface area contributed by atoms with Crippen molar-refractivity contribution in [3.05, 3.63) is 36.0 Å². The lowest BCUT2D eigenvalue weighted by Crippen LogP contribution is -2.57. The molecule has 0 radical (unpaired) electrons. The van der Waals surface area contributed by atoms with Gasteiger partial charge in [0.15, 0.2) is 5.96 Å². The van der Waals surface area contributed by atoms with Crippen LogP contribution in [0.1, 0.15) is 44.1 Å². The van der Waals surface area contributed by atoms with E-state index in [1.165, 1.54) is 0 Å². The number of para-hydroxylation sites is 1. The number of nitrogens with zero attached hydrogens (tertiary/aromatic N) is 1. The smallest absolute Gasteiger partial charge is 0.326 e. The van der Waals surface area contributed by atoms with Crippen LogP contribution in [-0.2, 0) is 30.4 Å². The summed E-state index contributed by atoms with van der Waals surface area (Å²) in [5.74, 6) is -4.43. The van der Waals surface area contributed by atoms with Crippen LogP contribution in [0.3, 0.4) is 0 Å². The SMILES string of the molecule is NCCCCC(NC(=O)C(CCCN=C(N)N)NC(=O)C(N)CC(N)=O)C(=O)NC(Cc1c[nH]c2ccccc12)C(=O)O. The lowest BCUT2D eigenvalue weighted by atomic mass is 10.0. The standard InChI is InChI=1S/C27H42N10O6/c28-10-4-3-8-19(25(41)37-21(26(42)43)12-15-14-34-18-7-2-1-6-16(15)18)36-24(40)20(9-5-11-33-27(31)32)35-23(39)17(29)13-22(30)38/h1-2,6-7,14,17,19-21,34H,3-5,8-13,28-29H2,(H2,30,38)(H,35,39)(H,36,40)(H,37,41)(H,42,43)(H4,31,32,33). The van der Waals surface area contributed by atoms with Crippen molar-refractivity contribution in [2.24, 2.45) is 33.7 Å². The molecule has 16 heteroatoms. The summed E-state index contributed by atoms with van der Waals surface area (Å²) in [6.45, 7) is 0.506. The molecule has 4 unspecified atom stereocenters. The molecular formula is C27H42N10O6. The first-order chi connectivity index (χ1) is 20.4. The largest absolute Gasteiger partial charge is 0.480 e. The second-order valence-corrected chi connectivity index (χ2v) is 10.1. The van der Waals surface area contributed by atoms with Gasteiger partial charge in [-0.2, -0.15) is 0 Å². The number of primary amides is 1. The van der Waals surface area contributed by atoms with E-state index in [0.717, 1.165) is 10.9 Å². The first kappa shape index (κ1) is 34.5. The fourth-order valence-electron chi connectivity index (χ4n) is 4.39. The minimum atomic E-state index is -1.30. The number of carboxylic acids is 1. The Hall–Kier alpha value is -4.70. The molecular weight excluding hydrogens is 560 g/mol. The van der Waals surface area contributed by atoms with E-state index in [1.807, 2.05) is 24.3 Å². The molecule has 0 aliphatic rings. The molecule has 0 aliphatic heterocycles. The average Bonchev–Trinajstić information content (AvgIpc) is 3.35. The summed E-state index contributed by atoms with van der Waals surface area (Å²) in [7, 11) is 0. The highest BCUT2D eigenvalue weighted by molar-refractivity contribution is 5.95. The fraction of sp³-hybridized carbons (Fsp3) is 0.481. The second-order valence-electron chi connectivity index (χ2n) is 10.1. The van der Waals surface area contributed by atoms with Crippen molar-refractivity contribution in [2.45, 2.75) is 69.1 Å². The number of hydrogen-bond donors (Lipinski definition) is 10. The lowest BCUT2D eigenvalue weighted by Gasteiger charge is -2.25. The first-order valence-electron chi connectivity index (χ1n) is 13.9. The topological polar surface area (TPSA) is 300 Å². The van der Waals surface area contributed by atoms with Gasteiger partial charge in [-0.25, -0.2) is 4.79 Å². The number of nitrogens with two attached hydrogens (primary N) is 5. The minimum absolute atomic E-state index is 0.00419. The van der Waals surface area contributed by atoms with Gasteiger partial charge in [0.2, 0.25) is 23.6 Å². The molecule has 0 bridgehead atoms. The molecule has 0 aliphatic carbocycles. The number of aliphatic carboxylic acids is 1. The molecule has 236 valence electrons. The van der Waals surface area contributed by atoms with Crippen molar-refractivity contribution in [3.8, 4) is 0 Å². The third-order valence-corrected chi connectivity index (χ3v) is 6.63. The molecule has 16 nitrogen and oxygen atoms in total. The van der Waals surface area contributed by atoms with E-state index in [-0.39, 0.29) is 38.2 Å². The molecule has 0 fully saturated rings. The Morgan fingerprint density at radius 1 is 0.860 bits per heavy atom. The van der Waals surface area contributed by atoms with Crippen molar-refractivity contribution >= 4 is 46.5 Å². The van der Waals surface area contributed by atoms with Crippen molar-refractivity contribution in [1.29, 1.82) is 0 Å². The van der Waals surface area contributed by atoms with Crippen LogP contribution in [0.2, 0.25) is 0 Å². The molecule has 2 aromatic rings. The molecule has 4 atom stereocenters. The summed E-state index contributed by atoms with van der Waals surface area (Å²) in [6.07, 6.45) is 2.75. The van der Waals surface area contributed by atoms with Gasteiger partial charge in [-0.05, 0) is 50.3 Å². The van der Waals surface area contributed by atoms with Crippen LogP contribution >= 0.6 is 0 Å². The van der Waals surface area contributed by atoms with E-state index < -0.39 is 60.2 Å². The van der Waals surface area contributed by atoms with Crippen LogP contribution in [0.4, 0.5) is 0 Å². The van der Waals surface area contributed by atoms with Crippen LogP contribution in [0, 0.1) is 0 Å². The van der Waals surface area contributed by atoms with Crippen molar-refractivity contribution in [1.82, 2.24) is 20.9 Å². The van der Waals surface area contributed by atoms with Gasteiger partial charge in [-0.1, -0.05) is 18.2 Å². The number of rotatable bonds is 19. The lowest BCUT2D eigenvalue weighted by molar-refractivity contribution is -0.142. The van der Waals surface area contributed by atoms with Gasteiger partial charge >= 0.3 is 5.97 Å². The number of nitrogens with one attached hydrogen (secondary N) is 4. The van der Waals surface area contributed by atoms with Crippen LogP contribution in [0.15, 0.2) is 35.5 Å². The maximum atomic E-state index is 13.4. The molecule has 1 heterocycles. The van der Waals surface area contributed by atoms with E-state index in [1.54, 1.807) is 6.20 Å². The summed E-state index contributed by atoms with van der Waals surface area (Å²) in [5.41, 5.74) is 28.7. The summed E-state index contributed by atoms with van der Waals surface area (Å²) in [6, 6.07) is 2.46. The molecule has 0 saturated heterocycles. The zero-order chi connectivity index (χ0) is 31.9. The highest BCUT2D eigenvalue weighted by atomic mass is 16.4. The van der Waals surface area contributed by atoms with Gasteiger partial charge in [0.25, 0.3) is 0 Å². The Morgan fingerprint density at radius 3 is 2.07 bits per heavy atom. The van der Waals surface area contributed by atoms with Crippen LogP contribution < -0.4 is 44.6 Å². The van der Waals surface area contributed by atoms with Crippen molar-refractivity contribution in [3.63, 3.8) is 0 Å². The summed E-state index contributed by atoms with van der Waals surface area (Å²) < 4.78 is 0. The molecule has 4 amide bonds. The summed E-state index contributed by atoms with van der Waals surface area (Å²) >= 11 is 0. The molecule has 2 rings (SSSR count). The highest BCUT2D eigenvalue weighted by Gasteiger charge is 2.30. The average molecular weight is 603 g/mol. The predicted octanol–water partition coefficient (Wildman–Crippen LogP) is -2.37. The number of carboxylic acid groups (broad SMARTS) is 1. The number of guanidine groups is 1. The number of amides is 4. The van der Waals surface area contributed by atoms with Gasteiger partial charge < -0.3 is 54.7 Å². The van der Waals surface area contributed by atoms with Gasteiger partial charge in [0.05, 0.1) is 12.5 Å². The number of benzene rings is 1.